The maximum Gasteiger partial charge on any atom is 0.344 e. The molecule has 3 rings (SSSR count). The van der Waals surface area contributed by atoms with E-state index in [9.17, 15) is 19.2 Å². The number of halogens is 1. The highest BCUT2D eigenvalue weighted by molar-refractivity contribution is 9.10. The predicted octanol–water partition coefficient (Wildman–Crippen LogP) is 3.33. The lowest BCUT2D eigenvalue weighted by Gasteiger charge is -2.14. The first-order chi connectivity index (χ1) is 17.8. The molecule has 0 atom stereocenters. The summed E-state index contributed by atoms with van der Waals surface area (Å²) in [5, 5.41) is 5.11. The van der Waals surface area contributed by atoms with Crippen molar-refractivity contribution >= 4 is 51.5 Å². The predicted molar refractivity (Wildman–Crippen MR) is 137 cm³/mol. The first-order valence-corrected chi connectivity index (χ1v) is 12.1. The molecule has 37 heavy (non-hydrogen) atoms. The van der Waals surface area contributed by atoms with E-state index in [1.54, 1.807) is 50.2 Å². The molecule has 0 aliphatic carbocycles. The van der Waals surface area contributed by atoms with Gasteiger partial charge in [-0.3, -0.25) is 9.59 Å². The molecular weight excluding hydrogens is 550 g/mol. The number of hydrogen-bond acceptors (Lipinski definition) is 8. The molecule has 0 bridgehead atoms. The fourth-order valence-corrected chi connectivity index (χ4v) is 3.95. The zero-order chi connectivity index (χ0) is 26.9. The Labute approximate surface area is 221 Å². The molecule has 0 spiro atoms. The van der Waals surface area contributed by atoms with Crippen molar-refractivity contribution in [3.05, 3.63) is 52.1 Å². The van der Waals surface area contributed by atoms with Gasteiger partial charge in [0.05, 0.1) is 30.5 Å². The normalized spacial score (nSPS) is 13.8. The Bertz CT molecular complexity index is 1230. The van der Waals surface area contributed by atoms with E-state index in [4.69, 9.17) is 18.9 Å². The average Bonchev–Trinajstić information content (AvgIpc) is 3.11. The standard InChI is InChI=1S/C25H26BrN3O8/c1-4-35-20-12-15(10-16(26)23(20)37-14-22(31)36-5-2)11-18-24(32)29(25(33)28-18)13-21(30)27-17-8-6-7-9-19(17)34-3/h6-12H,4-5,13-14H2,1-3H3,(H,27,30)(H,28,33)/b18-11+. The minimum Gasteiger partial charge on any atom is -0.495 e. The molecule has 1 aliphatic rings. The lowest BCUT2D eigenvalue weighted by molar-refractivity contribution is -0.145. The van der Waals surface area contributed by atoms with Crippen LogP contribution in [0.25, 0.3) is 6.08 Å². The fourth-order valence-electron chi connectivity index (χ4n) is 3.37. The first-order valence-electron chi connectivity index (χ1n) is 11.3. The van der Waals surface area contributed by atoms with E-state index in [0.29, 0.717) is 33.8 Å². The van der Waals surface area contributed by atoms with E-state index < -0.39 is 30.4 Å². The summed E-state index contributed by atoms with van der Waals surface area (Å²) in [4.78, 5) is 50.3. The molecule has 4 amide bonds. The quantitative estimate of drug-likeness (QED) is 0.237. The second-order valence-electron chi connectivity index (χ2n) is 7.48. The van der Waals surface area contributed by atoms with Crippen molar-refractivity contribution in [2.75, 3.05) is 38.8 Å². The number of nitrogens with zero attached hydrogens (tertiary/aromatic N) is 1. The number of rotatable bonds is 11. The summed E-state index contributed by atoms with van der Waals surface area (Å²) in [5.74, 6) is -0.724. The number of hydrogen-bond donors (Lipinski definition) is 2. The van der Waals surface area contributed by atoms with Gasteiger partial charge in [-0.25, -0.2) is 14.5 Å². The lowest BCUT2D eigenvalue weighted by atomic mass is 10.1. The van der Waals surface area contributed by atoms with Crippen LogP contribution in [0.15, 0.2) is 46.6 Å². The number of urea groups is 1. The van der Waals surface area contributed by atoms with Gasteiger partial charge in [0.2, 0.25) is 5.91 Å². The van der Waals surface area contributed by atoms with Crippen LogP contribution >= 0.6 is 15.9 Å². The van der Waals surface area contributed by atoms with Crippen molar-refractivity contribution in [3.8, 4) is 17.2 Å². The number of para-hydroxylation sites is 2. The van der Waals surface area contributed by atoms with Crippen LogP contribution in [0.1, 0.15) is 19.4 Å². The van der Waals surface area contributed by atoms with E-state index in [1.807, 2.05) is 0 Å². The van der Waals surface area contributed by atoms with Crippen molar-refractivity contribution < 1.29 is 38.1 Å². The van der Waals surface area contributed by atoms with Gasteiger partial charge in [0, 0.05) is 0 Å². The molecule has 0 radical (unpaired) electrons. The molecule has 1 saturated heterocycles. The van der Waals surface area contributed by atoms with E-state index >= 15 is 0 Å². The highest BCUT2D eigenvalue weighted by Gasteiger charge is 2.35. The molecule has 0 aromatic heterocycles. The van der Waals surface area contributed by atoms with Crippen LogP contribution in [0.5, 0.6) is 17.2 Å². The Balaban J connectivity index is 1.75. The molecular formula is C25H26BrN3O8. The van der Waals surface area contributed by atoms with Crippen LogP contribution < -0.4 is 24.8 Å². The minimum absolute atomic E-state index is 0.0235. The highest BCUT2D eigenvalue weighted by atomic mass is 79.9. The summed E-state index contributed by atoms with van der Waals surface area (Å²) >= 11 is 3.39. The third-order valence-electron chi connectivity index (χ3n) is 4.93. The van der Waals surface area contributed by atoms with Gasteiger partial charge in [-0.1, -0.05) is 12.1 Å². The number of imide groups is 1. The SMILES string of the molecule is CCOC(=O)COc1c(Br)cc(/C=C2/NC(=O)N(CC(=O)Nc3ccccc3OC)C2=O)cc1OCC. The smallest absolute Gasteiger partial charge is 0.344 e. The van der Waals surface area contributed by atoms with Gasteiger partial charge in [0.25, 0.3) is 5.91 Å². The van der Waals surface area contributed by atoms with Gasteiger partial charge < -0.3 is 29.6 Å². The van der Waals surface area contributed by atoms with Crippen LogP contribution in [0.4, 0.5) is 10.5 Å². The zero-order valence-corrected chi connectivity index (χ0v) is 22.0. The number of benzene rings is 2. The fraction of sp³-hybridized carbons (Fsp3) is 0.280. The van der Waals surface area contributed by atoms with Gasteiger partial charge in [-0.05, 0) is 65.7 Å². The number of esters is 1. The van der Waals surface area contributed by atoms with Crippen LogP contribution in [0.2, 0.25) is 0 Å². The van der Waals surface area contributed by atoms with Crippen LogP contribution in [-0.2, 0) is 19.1 Å². The van der Waals surface area contributed by atoms with Crippen LogP contribution in [0, 0.1) is 0 Å². The molecule has 0 unspecified atom stereocenters. The Hall–Kier alpha value is -4.06. The van der Waals surface area contributed by atoms with E-state index in [2.05, 4.69) is 26.6 Å². The van der Waals surface area contributed by atoms with Crippen molar-refractivity contribution in [3.63, 3.8) is 0 Å². The van der Waals surface area contributed by atoms with Crippen molar-refractivity contribution in [2.24, 2.45) is 0 Å². The zero-order valence-electron chi connectivity index (χ0n) is 20.5. The number of nitrogens with one attached hydrogen (secondary N) is 2. The van der Waals surface area contributed by atoms with Crippen LogP contribution in [-0.4, -0.2) is 62.2 Å². The molecule has 2 aromatic rings. The summed E-state index contributed by atoms with van der Waals surface area (Å²) in [6.07, 6.45) is 1.45. The highest BCUT2D eigenvalue weighted by Crippen LogP contribution is 2.37. The van der Waals surface area contributed by atoms with Crippen molar-refractivity contribution in [1.29, 1.82) is 0 Å². The monoisotopic (exact) mass is 575 g/mol. The van der Waals surface area contributed by atoms with Gasteiger partial charge in [0.1, 0.15) is 18.0 Å². The molecule has 1 fully saturated rings. The van der Waals surface area contributed by atoms with Gasteiger partial charge >= 0.3 is 12.0 Å². The van der Waals surface area contributed by atoms with E-state index in [1.165, 1.54) is 13.2 Å². The Morgan fingerprint density at radius 2 is 1.84 bits per heavy atom. The average molecular weight is 576 g/mol. The summed E-state index contributed by atoms with van der Waals surface area (Å²) in [7, 11) is 1.47. The number of carbonyl (C=O) groups is 4. The second kappa shape index (κ2) is 12.8. The van der Waals surface area contributed by atoms with E-state index in [-0.39, 0.29) is 24.7 Å². The second-order valence-corrected chi connectivity index (χ2v) is 8.34. The summed E-state index contributed by atoms with van der Waals surface area (Å²) in [5.41, 5.74) is 0.892. The third kappa shape index (κ3) is 7.00. The van der Waals surface area contributed by atoms with Gasteiger partial charge in [-0.15, -0.1) is 0 Å². The molecule has 12 heteroatoms. The Kier molecular flexibility index (Phi) is 9.50. The maximum absolute atomic E-state index is 12.9. The number of methoxy groups -OCH3 is 1. The lowest BCUT2D eigenvalue weighted by Crippen LogP contribution is -2.38. The Morgan fingerprint density at radius 1 is 1.08 bits per heavy atom. The van der Waals surface area contributed by atoms with Gasteiger partial charge in [0.15, 0.2) is 18.1 Å². The largest absolute Gasteiger partial charge is 0.495 e. The van der Waals surface area contributed by atoms with Gasteiger partial charge in [-0.2, -0.15) is 0 Å². The number of amides is 4. The number of ether oxygens (including phenoxy) is 4. The third-order valence-corrected chi connectivity index (χ3v) is 5.52. The molecule has 196 valence electrons. The Morgan fingerprint density at radius 3 is 2.54 bits per heavy atom. The summed E-state index contributed by atoms with van der Waals surface area (Å²) < 4.78 is 21.7. The van der Waals surface area contributed by atoms with E-state index in [0.717, 1.165) is 4.90 Å². The van der Waals surface area contributed by atoms with Crippen LogP contribution in [0.3, 0.4) is 0 Å². The van der Waals surface area contributed by atoms with Crippen molar-refractivity contribution in [2.45, 2.75) is 13.8 Å². The maximum atomic E-state index is 12.9. The molecule has 11 nitrogen and oxygen atoms in total. The number of anilines is 1. The molecule has 2 N–H and O–H groups in total. The molecule has 1 heterocycles. The van der Waals surface area contributed by atoms with Crippen molar-refractivity contribution in [1.82, 2.24) is 10.2 Å². The molecule has 0 saturated carbocycles. The topological polar surface area (TPSA) is 132 Å². The molecule has 1 aliphatic heterocycles. The summed E-state index contributed by atoms with van der Waals surface area (Å²) in [6.45, 7) is 3.21. The number of carbonyl (C=O) groups excluding carboxylic acids is 4. The summed E-state index contributed by atoms with van der Waals surface area (Å²) in [6, 6.07) is 9.27. The molecule has 2 aromatic carbocycles. The minimum atomic E-state index is -0.732. The first kappa shape index (κ1) is 27.5.